The van der Waals surface area contributed by atoms with Gasteiger partial charge in [-0.15, -0.1) is 0 Å². The molecule has 2 unspecified atom stereocenters. The van der Waals surface area contributed by atoms with Gasteiger partial charge in [0.1, 0.15) is 5.82 Å². The lowest BCUT2D eigenvalue weighted by Crippen LogP contribution is -2.36. The van der Waals surface area contributed by atoms with Crippen LogP contribution in [0.4, 0.5) is 11.5 Å². The first kappa shape index (κ1) is 12.6. The molecule has 1 aromatic heterocycles. The molecule has 1 fully saturated rings. The molecule has 0 bridgehead atoms. The number of nitrogens with one attached hydrogen (secondary N) is 1. The van der Waals surface area contributed by atoms with Gasteiger partial charge in [0, 0.05) is 12.6 Å². The number of rotatable bonds is 3. The van der Waals surface area contributed by atoms with Gasteiger partial charge in [0.25, 0.3) is 5.91 Å². The molecule has 0 aromatic carbocycles. The highest BCUT2D eigenvalue weighted by molar-refractivity contribution is 5.98. The summed E-state index contributed by atoms with van der Waals surface area (Å²) in [7, 11) is 0. The van der Waals surface area contributed by atoms with Crippen LogP contribution in [0.25, 0.3) is 0 Å². The van der Waals surface area contributed by atoms with Gasteiger partial charge in [0.2, 0.25) is 0 Å². The first-order chi connectivity index (χ1) is 8.58. The van der Waals surface area contributed by atoms with E-state index in [0.29, 0.717) is 23.0 Å². The molecule has 0 spiro atoms. The molecule has 5 N–H and O–H groups in total. The SMILES string of the molecule is CC1COCCC1Nc1cc(C(N)=O)c(N)cn1. The number of nitrogens with zero attached hydrogens (tertiary/aromatic N) is 1. The van der Waals surface area contributed by atoms with E-state index in [9.17, 15) is 4.79 Å². The van der Waals surface area contributed by atoms with E-state index in [0.717, 1.165) is 19.6 Å². The monoisotopic (exact) mass is 250 g/mol. The second-order valence-electron chi connectivity index (χ2n) is 4.61. The molecule has 2 atom stereocenters. The third-order valence-electron chi connectivity index (χ3n) is 3.17. The highest BCUT2D eigenvalue weighted by Crippen LogP contribution is 2.20. The molecule has 98 valence electrons. The number of ether oxygens (including phenoxy) is 1. The van der Waals surface area contributed by atoms with Crippen LogP contribution >= 0.6 is 0 Å². The summed E-state index contributed by atoms with van der Waals surface area (Å²) < 4.78 is 5.38. The first-order valence-corrected chi connectivity index (χ1v) is 5.97. The standard InChI is InChI=1S/C12H18N4O2/c1-7-6-18-3-2-10(7)16-11-4-8(12(14)17)9(13)5-15-11/h4-5,7,10H,2-3,6,13H2,1H3,(H2,14,17)(H,15,16). The van der Waals surface area contributed by atoms with Crippen LogP contribution in [-0.2, 0) is 4.74 Å². The molecule has 6 heteroatoms. The van der Waals surface area contributed by atoms with Gasteiger partial charge >= 0.3 is 0 Å². The lowest BCUT2D eigenvalue weighted by molar-refractivity contribution is 0.0537. The van der Waals surface area contributed by atoms with Crippen molar-refractivity contribution in [2.75, 3.05) is 24.3 Å². The molecule has 0 saturated carbocycles. The van der Waals surface area contributed by atoms with Crippen molar-refractivity contribution in [2.45, 2.75) is 19.4 Å². The molecule has 2 rings (SSSR count). The van der Waals surface area contributed by atoms with Crippen molar-refractivity contribution in [3.63, 3.8) is 0 Å². The van der Waals surface area contributed by atoms with Crippen molar-refractivity contribution < 1.29 is 9.53 Å². The Morgan fingerprint density at radius 3 is 3.06 bits per heavy atom. The Balaban J connectivity index is 2.14. The molecule has 2 heterocycles. The molecule has 0 radical (unpaired) electrons. The normalized spacial score (nSPS) is 23.6. The zero-order valence-corrected chi connectivity index (χ0v) is 10.3. The Bertz CT molecular complexity index is 450. The van der Waals surface area contributed by atoms with Gasteiger partial charge in [-0.3, -0.25) is 4.79 Å². The Morgan fingerprint density at radius 2 is 2.39 bits per heavy atom. The number of hydrogen-bond acceptors (Lipinski definition) is 5. The van der Waals surface area contributed by atoms with E-state index < -0.39 is 5.91 Å². The number of pyridine rings is 1. The molecule has 1 saturated heterocycles. The number of hydrogen-bond donors (Lipinski definition) is 3. The lowest BCUT2D eigenvalue weighted by Gasteiger charge is -2.30. The average molecular weight is 250 g/mol. The molecular formula is C12H18N4O2. The van der Waals surface area contributed by atoms with Crippen LogP contribution in [0.15, 0.2) is 12.3 Å². The van der Waals surface area contributed by atoms with E-state index in [1.54, 1.807) is 6.07 Å². The highest BCUT2D eigenvalue weighted by atomic mass is 16.5. The summed E-state index contributed by atoms with van der Waals surface area (Å²) >= 11 is 0. The summed E-state index contributed by atoms with van der Waals surface area (Å²) in [5.41, 5.74) is 11.5. The molecule has 1 aliphatic heterocycles. The van der Waals surface area contributed by atoms with E-state index in [2.05, 4.69) is 17.2 Å². The van der Waals surface area contributed by atoms with Gasteiger partial charge in [-0.1, -0.05) is 6.92 Å². The van der Waals surface area contributed by atoms with Crippen LogP contribution in [0, 0.1) is 5.92 Å². The van der Waals surface area contributed by atoms with Crippen LogP contribution in [0.2, 0.25) is 0 Å². The summed E-state index contributed by atoms with van der Waals surface area (Å²) in [6, 6.07) is 1.88. The minimum Gasteiger partial charge on any atom is -0.397 e. The average Bonchev–Trinajstić information content (AvgIpc) is 2.34. The molecule has 1 aliphatic rings. The summed E-state index contributed by atoms with van der Waals surface area (Å²) in [6.07, 6.45) is 2.37. The summed E-state index contributed by atoms with van der Waals surface area (Å²) in [6.45, 7) is 3.58. The maximum Gasteiger partial charge on any atom is 0.250 e. The number of primary amides is 1. The van der Waals surface area contributed by atoms with E-state index in [4.69, 9.17) is 16.2 Å². The summed E-state index contributed by atoms with van der Waals surface area (Å²) in [5, 5.41) is 3.30. The van der Waals surface area contributed by atoms with E-state index in [1.807, 2.05) is 0 Å². The van der Waals surface area contributed by atoms with Gasteiger partial charge in [-0.25, -0.2) is 4.98 Å². The number of amides is 1. The fraction of sp³-hybridized carbons (Fsp3) is 0.500. The van der Waals surface area contributed by atoms with Gasteiger partial charge in [0.05, 0.1) is 24.1 Å². The second-order valence-corrected chi connectivity index (χ2v) is 4.61. The summed E-state index contributed by atoms with van der Waals surface area (Å²) in [5.74, 6) is 0.477. The largest absolute Gasteiger partial charge is 0.397 e. The van der Waals surface area contributed by atoms with E-state index in [-0.39, 0.29) is 6.04 Å². The third kappa shape index (κ3) is 2.70. The lowest BCUT2D eigenvalue weighted by atomic mass is 9.98. The van der Waals surface area contributed by atoms with Crippen molar-refractivity contribution in [1.82, 2.24) is 4.98 Å². The van der Waals surface area contributed by atoms with Crippen LogP contribution in [0.5, 0.6) is 0 Å². The topological polar surface area (TPSA) is 103 Å². The minimum atomic E-state index is -0.544. The van der Waals surface area contributed by atoms with E-state index in [1.165, 1.54) is 6.20 Å². The molecule has 6 nitrogen and oxygen atoms in total. The van der Waals surface area contributed by atoms with Crippen molar-refractivity contribution in [2.24, 2.45) is 11.7 Å². The second kappa shape index (κ2) is 5.22. The smallest absolute Gasteiger partial charge is 0.250 e. The maximum atomic E-state index is 11.2. The highest BCUT2D eigenvalue weighted by Gasteiger charge is 2.22. The van der Waals surface area contributed by atoms with Crippen molar-refractivity contribution in [1.29, 1.82) is 0 Å². The quantitative estimate of drug-likeness (QED) is 0.728. The predicted molar refractivity (Wildman–Crippen MR) is 69.2 cm³/mol. The van der Waals surface area contributed by atoms with Crippen LogP contribution in [-0.4, -0.2) is 30.1 Å². The van der Waals surface area contributed by atoms with E-state index >= 15 is 0 Å². The van der Waals surface area contributed by atoms with Crippen LogP contribution < -0.4 is 16.8 Å². The molecule has 1 amide bonds. The Labute approximate surface area is 106 Å². The van der Waals surface area contributed by atoms with Crippen molar-refractivity contribution in [3.8, 4) is 0 Å². The number of carbonyl (C=O) groups is 1. The Morgan fingerprint density at radius 1 is 1.61 bits per heavy atom. The zero-order chi connectivity index (χ0) is 13.1. The molecular weight excluding hydrogens is 232 g/mol. The molecule has 1 aromatic rings. The number of nitrogens with two attached hydrogens (primary N) is 2. The van der Waals surface area contributed by atoms with Crippen LogP contribution in [0.3, 0.4) is 0 Å². The number of aromatic nitrogens is 1. The first-order valence-electron chi connectivity index (χ1n) is 5.97. The predicted octanol–water partition coefficient (Wildman–Crippen LogP) is 0.600. The zero-order valence-electron chi connectivity index (χ0n) is 10.3. The fourth-order valence-electron chi connectivity index (χ4n) is 2.04. The third-order valence-corrected chi connectivity index (χ3v) is 3.17. The van der Waals surface area contributed by atoms with Crippen molar-refractivity contribution in [3.05, 3.63) is 17.8 Å². The summed E-state index contributed by atoms with van der Waals surface area (Å²) in [4.78, 5) is 15.4. The number of anilines is 2. The van der Waals surface area contributed by atoms with Gasteiger partial charge in [-0.05, 0) is 18.4 Å². The van der Waals surface area contributed by atoms with Crippen molar-refractivity contribution >= 4 is 17.4 Å². The van der Waals surface area contributed by atoms with Crippen LogP contribution in [0.1, 0.15) is 23.7 Å². The molecule has 0 aliphatic carbocycles. The van der Waals surface area contributed by atoms with Gasteiger partial charge in [0.15, 0.2) is 0 Å². The maximum absolute atomic E-state index is 11.2. The van der Waals surface area contributed by atoms with Gasteiger partial charge < -0.3 is 21.5 Å². The molecule has 18 heavy (non-hydrogen) atoms. The Hall–Kier alpha value is -1.82. The van der Waals surface area contributed by atoms with Gasteiger partial charge in [-0.2, -0.15) is 0 Å². The minimum absolute atomic E-state index is 0.288. The fourth-order valence-corrected chi connectivity index (χ4v) is 2.04. The number of carbonyl (C=O) groups excluding carboxylic acids is 1. The Kier molecular flexibility index (Phi) is 3.66. The number of nitrogen functional groups attached to an aromatic ring is 1.